The number of para-hydroxylation sites is 3. The summed E-state index contributed by atoms with van der Waals surface area (Å²) in [5.74, 6) is 0.0583. The number of rotatable bonds is 7. The average molecular weight is 402 g/mol. The summed E-state index contributed by atoms with van der Waals surface area (Å²) in [5, 5.41) is 2.74. The minimum Gasteiger partial charge on any atom is -0.455 e. The molecule has 30 heavy (non-hydrogen) atoms. The second-order valence-corrected chi connectivity index (χ2v) is 6.61. The molecule has 0 radical (unpaired) electrons. The van der Waals surface area contributed by atoms with Crippen LogP contribution in [0, 0.1) is 6.92 Å². The van der Waals surface area contributed by atoms with Gasteiger partial charge < -0.3 is 14.8 Å². The monoisotopic (exact) mass is 402 g/mol. The second kappa shape index (κ2) is 10.0. The lowest BCUT2D eigenvalue weighted by Crippen LogP contribution is -2.29. The Hall–Kier alpha value is -3.93. The van der Waals surface area contributed by atoms with Crippen molar-refractivity contribution in [3.8, 4) is 11.5 Å². The van der Waals surface area contributed by atoms with Crippen LogP contribution in [-0.4, -0.2) is 23.0 Å². The molecule has 0 bridgehead atoms. The number of pyridine rings is 1. The van der Waals surface area contributed by atoms with Gasteiger partial charge in [-0.1, -0.05) is 30.3 Å². The molecule has 2 aromatic carbocycles. The topological polar surface area (TPSA) is 77.5 Å². The molecule has 1 unspecified atom stereocenters. The molecule has 0 fully saturated rings. The predicted octanol–water partition coefficient (Wildman–Crippen LogP) is 4.77. The Labute approximate surface area is 175 Å². The Morgan fingerprint density at radius 1 is 1.03 bits per heavy atom. The van der Waals surface area contributed by atoms with E-state index in [0.29, 0.717) is 17.2 Å². The number of esters is 1. The predicted molar refractivity (Wildman–Crippen MR) is 115 cm³/mol. The molecule has 0 saturated carbocycles. The van der Waals surface area contributed by atoms with Gasteiger partial charge in [0.1, 0.15) is 5.75 Å². The highest BCUT2D eigenvalue weighted by Gasteiger charge is 2.18. The van der Waals surface area contributed by atoms with E-state index in [1.807, 2.05) is 49.4 Å². The average Bonchev–Trinajstić information content (AvgIpc) is 2.74. The van der Waals surface area contributed by atoms with Crippen molar-refractivity contribution in [1.82, 2.24) is 4.98 Å². The molecule has 0 spiro atoms. The molecule has 3 aromatic rings. The molecule has 6 heteroatoms. The van der Waals surface area contributed by atoms with Crippen molar-refractivity contribution in [2.75, 3.05) is 5.32 Å². The summed E-state index contributed by atoms with van der Waals surface area (Å²) in [4.78, 5) is 28.6. The van der Waals surface area contributed by atoms with Gasteiger partial charge in [-0.3, -0.25) is 9.78 Å². The van der Waals surface area contributed by atoms with Crippen LogP contribution < -0.4 is 10.1 Å². The van der Waals surface area contributed by atoms with Gasteiger partial charge in [-0.2, -0.15) is 0 Å². The number of anilines is 1. The van der Waals surface area contributed by atoms with Crippen LogP contribution in [0.25, 0.3) is 6.08 Å². The third-order valence-corrected chi connectivity index (χ3v) is 4.09. The zero-order chi connectivity index (χ0) is 21.3. The number of aryl methyl sites for hydroxylation is 1. The van der Waals surface area contributed by atoms with Gasteiger partial charge >= 0.3 is 5.97 Å². The highest BCUT2D eigenvalue weighted by atomic mass is 16.5. The van der Waals surface area contributed by atoms with E-state index in [0.717, 1.165) is 11.1 Å². The number of carbonyl (C=O) groups is 2. The zero-order valence-electron chi connectivity index (χ0n) is 16.7. The number of aromatic nitrogens is 1. The fourth-order valence-electron chi connectivity index (χ4n) is 2.61. The highest BCUT2D eigenvalue weighted by Crippen LogP contribution is 2.29. The molecule has 1 atom stereocenters. The van der Waals surface area contributed by atoms with Gasteiger partial charge in [-0.05, 0) is 61.4 Å². The Bertz CT molecular complexity index is 1050. The van der Waals surface area contributed by atoms with Gasteiger partial charge in [0, 0.05) is 18.5 Å². The maximum absolute atomic E-state index is 12.5. The molecule has 0 aliphatic rings. The zero-order valence-corrected chi connectivity index (χ0v) is 16.7. The molecule has 3 rings (SSSR count). The highest BCUT2D eigenvalue weighted by molar-refractivity contribution is 5.97. The van der Waals surface area contributed by atoms with E-state index in [9.17, 15) is 9.59 Å². The standard InChI is InChI=1S/C24H22N2O4/c1-17-14-19(16-25-15-17)12-13-23(27)29-18(2)24(28)26-21-10-6-7-11-22(21)30-20-8-4-3-5-9-20/h3-16,18H,1-2H3,(H,26,28)/b13-12+. The van der Waals surface area contributed by atoms with Crippen LogP contribution in [0.5, 0.6) is 11.5 Å². The van der Waals surface area contributed by atoms with Gasteiger partial charge in [0.25, 0.3) is 5.91 Å². The number of carbonyl (C=O) groups excluding carboxylic acids is 2. The quantitative estimate of drug-likeness (QED) is 0.455. The summed E-state index contributed by atoms with van der Waals surface area (Å²) in [6, 6.07) is 18.2. The van der Waals surface area contributed by atoms with E-state index in [1.165, 1.54) is 13.0 Å². The van der Waals surface area contributed by atoms with Crippen LogP contribution in [-0.2, 0) is 14.3 Å². The Kier molecular flexibility index (Phi) is 6.95. The third kappa shape index (κ3) is 6.04. The maximum Gasteiger partial charge on any atom is 0.331 e. The largest absolute Gasteiger partial charge is 0.455 e. The number of hydrogen-bond donors (Lipinski definition) is 1. The van der Waals surface area contributed by atoms with Crippen molar-refractivity contribution in [2.45, 2.75) is 20.0 Å². The minimum absolute atomic E-state index is 0.460. The lowest BCUT2D eigenvalue weighted by Gasteiger charge is -2.15. The molecular formula is C24H22N2O4. The number of ether oxygens (including phenoxy) is 2. The van der Waals surface area contributed by atoms with E-state index in [4.69, 9.17) is 9.47 Å². The summed E-state index contributed by atoms with van der Waals surface area (Å²) in [5.41, 5.74) is 2.24. The van der Waals surface area contributed by atoms with E-state index < -0.39 is 18.0 Å². The molecule has 0 aliphatic carbocycles. The first-order chi connectivity index (χ1) is 14.5. The number of amides is 1. The van der Waals surface area contributed by atoms with Crippen LogP contribution in [0.4, 0.5) is 5.69 Å². The van der Waals surface area contributed by atoms with Crippen LogP contribution in [0.2, 0.25) is 0 Å². The minimum atomic E-state index is -0.984. The van der Waals surface area contributed by atoms with Gasteiger partial charge in [0.2, 0.25) is 0 Å². The molecule has 0 aliphatic heterocycles. The summed E-state index contributed by atoms with van der Waals surface area (Å²) in [7, 11) is 0. The first-order valence-electron chi connectivity index (χ1n) is 9.44. The van der Waals surface area contributed by atoms with Crippen LogP contribution >= 0.6 is 0 Å². The molecule has 6 nitrogen and oxygen atoms in total. The molecule has 1 N–H and O–H groups in total. The number of nitrogens with zero attached hydrogens (tertiary/aromatic N) is 1. The summed E-state index contributed by atoms with van der Waals surface area (Å²) >= 11 is 0. The number of hydrogen-bond acceptors (Lipinski definition) is 5. The maximum atomic E-state index is 12.5. The summed E-state index contributed by atoms with van der Waals surface area (Å²) in [6.45, 7) is 3.42. The SMILES string of the molecule is Cc1cncc(/C=C/C(=O)OC(C)C(=O)Nc2ccccc2Oc2ccccc2)c1. The fourth-order valence-corrected chi connectivity index (χ4v) is 2.61. The van der Waals surface area contributed by atoms with E-state index >= 15 is 0 Å². The van der Waals surface area contributed by atoms with Crippen molar-refractivity contribution < 1.29 is 19.1 Å². The first-order valence-corrected chi connectivity index (χ1v) is 9.44. The molecule has 1 amide bonds. The van der Waals surface area contributed by atoms with Gasteiger partial charge in [-0.25, -0.2) is 4.79 Å². The molecule has 1 heterocycles. The van der Waals surface area contributed by atoms with Gasteiger partial charge in [-0.15, -0.1) is 0 Å². The van der Waals surface area contributed by atoms with Gasteiger partial charge in [0.05, 0.1) is 5.69 Å². The van der Waals surface area contributed by atoms with E-state index in [2.05, 4.69) is 10.3 Å². The summed E-state index contributed by atoms with van der Waals surface area (Å²) in [6.07, 6.45) is 5.24. The lowest BCUT2D eigenvalue weighted by molar-refractivity contribution is -0.148. The number of nitrogens with one attached hydrogen (secondary N) is 1. The number of benzene rings is 2. The lowest BCUT2D eigenvalue weighted by atomic mass is 10.2. The van der Waals surface area contributed by atoms with Crippen LogP contribution in [0.1, 0.15) is 18.1 Å². The third-order valence-electron chi connectivity index (χ3n) is 4.09. The molecule has 0 saturated heterocycles. The normalized spacial score (nSPS) is 11.7. The van der Waals surface area contributed by atoms with Crippen molar-refractivity contribution in [1.29, 1.82) is 0 Å². The van der Waals surface area contributed by atoms with Crippen molar-refractivity contribution in [3.63, 3.8) is 0 Å². The van der Waals surface area contributed by atoms with Crippen LogP contribution in [0.3, 0.4) is 0 Å². The molecular weight excluding hydrogens is 380 g/mol. The van der Waals surface area contributed by atoms with Crippen molar-refractivity contribution >= 4 is 23.6 Å². The Morgan fingerprint density at radius 2 is 1.77 bits per heavy atom. The van der Waals surface area contributed by atoms with E-state index in [-0.39, 0.29) is 0 Å². The van der Waals surface area contributed by atoms with Gasteiger partial charge in [0.15, 0.2) is 11.9 Å². The second-order valence-electron chi connectivity index (χ2n) is 6.61. The summed E-state index contributed by atoms with van der Waals surface area (Å²) < 4.78 is 11.0. The van der Waals surface area contributed by atoms with Crippen LogP contribution in [0.15, 0.2) is 79.1 Å². The Morgan fingerprint density at radius 3 is 2.53 bits per heavy atom. The van der Waals surface area contributed by atoms with Crippen molar-refractivity contribution in [3.05, 3.63) is 90.3 Å². The Balaban J connectivity index is 1.60. The van der Waals surface area contributed by atoms with Crippen molar-refractivity contribution in [2.24, 2.45) is 0 Å². The molecule has 1 aromatic heterocycles. The smallest absolute Gasteiger partial charge is 0.331 e. The van der Waals surface area contributed by atoms with E-state index in [1.54, 1.807) is 36.7 Å². The molecule has 152 valence electrons. The fraction of sp³-hybridized carbons (Fsp3) is 0.125. The first kappa shape index (κ1) is 20.8.